The van der Waals surface area contributed by atoms with Crippen molar-refractivity contribution < 1.29 is 9.28 Å². The molecule has 0 saturated heterocycles. The van der Waals surface area contributed by atoms with Gasteiger partial charge in [0.15, 0.2) is 0 Å². The van der Waals surface area contributed by atoms with Gasteiger partial charge in [0, 0.05) is 22.0 Å². The molecule has 6 heteroatoms. The lowest BCUT2D eigenvalue weighted by molar-refractivity contribution is -0.873. The average molecular weight is 345 g/mol. The predicted molar refractivity (Wildman–Crippen MR) is 98.4 cm³/mol. The quantitative estimate of drug-likeness (QED) is 0.332. The van der Waals surface area contributed by atoms with Gasteiger partial charge in [0.2, 0.25) is 5.50 Å². The first-order chi connectivity index (χ1) is 11.3. The summed E-state index contributed by atoms with van der Waals surface area (Å²) in [6, 6.07) is 12.8. The third kappa shape index (κ3) is 3.00. The Hall–Kier alpha value is -2.37. The molecule has 0 bridgehead atoms. The van der Waals surface area contributed by atoms with E-state index < -0.39 is 5.50 Å². The minimum Gasteiger partial charge on any atom is -0.321 e. The van der Waals surface area contributed by atoms with E-state index in [0.29, 0.717) is 15.6 Å². The van der Waals surface area contributed by atoms with Crippen molar-refractivity contribution in [3.63, 3.8) is 0 Å². The van der Waals surface area contributed by atoms with E-state index >= 15 is 0 Å². The van der Waals surface area contributed by atoms with Crippen molar-refractivity contribution >= 4 is 44.9 Å². The Kier molecular flexibility index (Phi) is 4.07. The smallest absolute Gasteiger partial charge is 0.299 e. The molecule has 0 radical (unpaired) electrons. The van der Waals surface area contributed by atoms with Crippen molar-refractivity contribution in [1.29, 1.82) is 0 Å². The van der Waals surface area contributed by atoms with E-state index in [0.717, 1.165) is 16.3 Å². The minimum absolute atomic E-state index is 0.124. The minimum atomic E-state index is -0.701. The molecule has 0 aliphatic heterocycles. The van der Waals surface area contributed by atoms with E-state index in [1.165, 1.54) is 0 Å². The molecule has 0 fully saturated rings. The number of likely N-dealkylation sites (N-methyl/N-ethyl adjacent to an activating group) is 1. The molecule has 1 amide bonds. The number of nitrogens with one attached hydrogen (secondary N) is 2. The lowest BCUT2D eigenvalue weighted by Gasteiger charge is -2.28. The summed E-state index contributed by atoms with van der Waals surface area (Å²) in [4.78, 5) is 27.3. The standard InChI is InChI=1S/C18H18ClN3O2/c1-22(2,3)16(19)18(24)20-11-8-9-15-14(10-11)12-6-4-5-7-13(12)17(23)21-15/h4-10,16H,1-3H3,(H-,20,21,23,24)/p+1. The highest BCUT2D eigenvalue weighted by atomic mass is 35.5. The van der Waals surface area contributed by atoms with Crippen LogP contribution in [-0.2, 0) is 4.79 Å². The topological polar surface area (TPSA) is 62.0 Å². The van der Waals surface area contributed by atoms with Gasteiger partial charge in [-0.3, -0.25) is 9.59 Å². The number of hydrogen-bond donors (Lipinski definition) is 2. The first-order valence-electron chi connectivity index (χ1n) is 7.58. The number of amides is 1. The maximum Gasteiger partial charge on any atom is 0.299 e. The van der Waals surface area contributed by atoms with Gasteiger partial charge in [-0.1, -0.05) is 18.2 Å². The Labute approximate surface area is 144 Å². The summed E-state index contributed by atoms with van der Waals surface area (Å²) in [5.74, 6) is -0.266. The highest BCUT2D eigenvalue weighted by molar-refractivity contribution is 6.31. The number of aromatic amines is 1. The Morgan fingerprint density at radius 3 is 2.42 bits per heavy atom. The van der Waals surface area contributed by atoms with Gasteiger partial charge in [0.05, 0.1) is 21.1 Å². The molecule has 0 aliphatic carbocycles. The largest absolute Gasteiger partial charge is 0.321 e. The molecule has 5 nitrogen and oxygen atoms in total. The fourth-order valence-corrected chi connectivity index (χ4v) is 2.67. The second-order valence-corrected chi connectivity index (χ2v) is 7.11. The fraction of sp³-hybridized carbons (Fsp3) is 0.222. The van der Waals surface area contributed by atoms with Crippen molar-refractivity contribution in [2.24, 2.45) is 0 Å². The van der Waals surface area contributed by atoms with Crippen LogP contribution >= 0.6 is 11.6 Å². The summed E-state index contributed by atoms with van der Waals surface area (Å²) in [6.07, 6.45) is 0. The van der Waals surface area contributed by atoms with E-state index in [1.54, 1.807) is 18.2 Å². The lowest BCUT2D eigenvalue weighted by atomic mass is 10.1. The van der Waals surface area contributed by atoms with Crippen LogP contribution in [0.3, 0.4) is 0 Å². The monoisotopic (exact) mass is 344 g/mol. The van der Waals surface area contributed by atoms with Crippen LogP contribution in [0, 0.1) is 0 Å². The van der Waals surface area contributed by atoms with Gasteiger partial charge < -0.3 is 14.8 Å². The van der Waals surface area contributed by atoms with Crippen molar-refractivity contribution in [3.05, 3.63) is 52.8 Å². The van der Waals surface area contributed by atoms with Crippen LogP contribution in [0.1, 0.15) is 0 Å². The Bertz CT molecular complexity index is 989. The van der Waals surface area contributed by atoms with Gasteiger partial charge in [-0.25, -0.2) is 0 Å². The number of carbonyl (C=O) groups is 1. The zero-order valence-corrected chi connectivity index (χ0v) is 14.5. The van der Waals surface area contributed by atoms with E-state index in [9.17, 15) is 9.59 Å². The van der Waals surface area contributed by atoms with E-state index in [4.69, 9.17) is 11.6 Å². The molecule has 24 heavy (non-hydrogen) atoms. The van der Waals surface area contributed by atoms with Gasteiger partial charge in [0.25, 0.3) is 11.5 Å². The number of nitrogens with zero attached hydrogens (tertiary/aromatic N) is 1. The number of hydrogen-bond acceptors (Lipinski definition) is 2. The number of fused-ring (bicyclic) bond motifs is 3. The second kappa shape index (κ2) is 5.92. The maximum atomic E-state index is 12.3. The molecule has 3 rings (SSSR count). The van der Waals surface area contributed by atoms with Gasteiger partial charge >= 0.3 is 0 Å². The normalized spacial score (nSPS) is 13.2. The van der Waals surface area contributed by atoms with E-state index in [1.807, 2.05) is 45.4 Å². The molecular formula is C18H19ClN3O2+. The highest BCUT2D eigenvalue weighted by Crippen LogP contribution is 2.24. The summed E-state index contributed by atoms with van der Waals surface area (Å²) in [7, 11) is 5.57. The number of alkyl halides is 1. The lowest BCUT2D eigenvalue weighted by Crippen LogP contribution is -2.48. The fourth-order valence-electron chi connectivity index (χ4n) is 2.61. The summed E-state index contributed by atoms with van der Waals surface area (Å²) in [6.45, 7) is 0. The highest BCUT2D eigenvalue weighted by Gasteiger charge is 2.29. The molecule has 2 aromatic carbocycles. The van der Waals surface area contributed by atoms with Crippen LogP contribution in [-0.4, -0.2) is 42.0 Å². The molecule has 0 spiro atoms. The zero-order valence-electron chi connectivity index (χ0n) is 13.8. The van der Waals surface area contributed by atoms with Crippen LogP contribution in [0.4, 0.5) is 5.69 Å². The summed E-state index contributed by atoms with van der Waals surface area (Å²) in [5, 5.41) is 5.18. The summed E-state index contributed by atoms with van der Waals surface area (Å²) in [5.41, 5.74) is 0.545. The van der Waals surface area contributed by atoms with Gasteiger partial charge in [-0.15, -0.1) is 0 Å². The zero-order chi connectivity index (χ0) is 17.5. The number of H-pyrrole nitrogens is 1. The number of aromatic nitrogens is 1. The number of halogens is 1. The average Bonchev–Trinajstić information content (AvgIpc) is 2.54. The molecule has 0 aliphatic rings. The molecule has 1 heterocycles. The number of pyridine rings is 1. The molecule has 1 unspecified atom stereocenters. The maximum absolute atomic E-state index is 12.3. The molecular weight excluding hydrogens is 326 g/mol. The predicted octanol–water partition coefficient (Wildman–Crippen LogP) is 2.89. The Balaban J connectivity index is 2.06. The molecule has 2 N–H and O–H groups in total. The number of benzene rings is 2. The van der Waals surface area contributed by atoms with E-state index in [-0.39, 0.29) is 11.5 Å². The van der Waals surface area contributed by atoms with Gasteiger partial charge in [-0.05, 0) is 41.3 Å². The van der Waals surface area contributed by atoms with Crippen molar-refractivity contribution in [2.75, 3.05) is 26.5 Å². The molecule has 1 aromatic heterocycles. The number of quaternary nitrogens is 1. The van der Waals surface area contributed by atoms with Crippen molar-refractivity contribution in [2.45, 2.75) is 5.50 Å². The van der Waals surface area contributed by atoms with Crippen LogP contribution in [0.2, 0.25) is 0 Å². The SMILES string of the molecule is C[N+](C)(C)C(Cl)C(=O)Nc1ccc2[nH]c(=O)c3ccccc3c2c1. The molecule has 0 saturated carbocycles. The first kappa shape index (κ1) is 16.5. The van der Waals surface area contributed by atoms with E-state index in [2.05, 4.69) is 10.3 Å². The third-order valence-electron chi connectivity index (χ3n) is 3.89. The number of anilines is 1. The van der Waals surface area contributed by atoms with Crippen LogP contribution in [0.5, 0.6) is 0 Å². The van der Waals surface area contributed by atoms with Crippen LogP contribution in [0.15, 0.2) is 47.3 Å². The summed E-state index contributed by atoms with van der Waals surface area (Å²) >= 11 is 6.20. The summed E-state index contributed by atoms with van der Waals surface area (Å²) < 4.78 is 0.317. The van der Waals surface area contributed by atoms with Crippen LogP contribution in [0.25, 0.3) is 21.7 Å². The third-order valence-corrected chi connectivity index (χ3v) is 4.68. The Morgan fingerprint density at radius 1 is 1.08 bits per heavy atom. The second-order valence-electron chi connectivity index (χ2n) is 6.70. The number of rotatable bonds is 3. The van der Waals surface area contributed by atoms with Gasteiger partial charge in [0.1, 0.15) is 0 Å². The molecule has 124 valence electrons. The first-order valence-corrected chi connectivity index (χ1v) is 8.02. The Morgan fingerprint density at radius 2 is 1.75 bits per heavy atom. The molecule has 1 atom stereocenters. The van der Waals surface area contributed by atoms with Crippen LogP contribution < -0.4 is 10.9 Å². The van der Waals surface area contributed by atoms with Crippen molar-refractivity contribution in [1.82, 2.24) is 4.98 Å². The van der Waals surface area contributed by atoms with Gasteiger partial charge in [-0.2, -0.15) is 0 Å². The number of carbonyl (C=O) groups excluding carboxylic acids is 1. The van der Waals surface area contributed by atoms with Crippen molar-refractivity contribution in [3.8, 4) is 0 Å². The molecule has 3 aromatic rings.